The van der Waals surface area contributed by atoms with Gasteiger partial charge in [-0.3, -0.25) is 4.79 Å². The highest BCUT2D eigenvalue weighted by molar-refractivity contribution is 7.89. The second kappa shape index (κ2) is 8.38. The van der Waals surface area contributed by atoms with Crippen molar-refractivity contribution in [3.63, 3.8) is 0 Å². The fraction of sp³-hybridized carbons (Fsp3) is 0.150. The first-order chi connectivity index (χ1) is 13.7. The van der Waals surface area contributed by atoms with E-state index in [0.29, 0.717) is 17.1 Å². The minimum Gasteiger partial charge on any atom is -0.508 e. The maximum atomic E-state index is 12.5. The molecular formula is C20H20N4O4S. The van der Waals surface area contributed by atoms with Crippen LogP contribution in [0.3, 0.4) is 0 Å². The summed E-state index contributed by atoms with van der Waals surface area (Å²) in [6, 6.07) is 12.0. The van der Waals surface area contributed by atoms with Gasteiger partial charge in [-0.15, -0.1) is 0 Å². The summed E-state index contributed by atoms with van der Waals surface area (Å²) >= 11 is 0. The van der Waals surface area contributed by atoms with Crippen LogP contribution < -0.4 is 10.0 Å². The van der Waals surface area contributed by atoms with Crippen LogP contribution >= 0.6 is 0 Å². The summed E-state index contributed by atoms with van der Waals surface area (Å²) < 4.78 is 27.1. The van der Waals surface area contributed by atoms with Gasteiger partial charge in [0.2, 0.25) is 10.0 Å². The highest BCUT2D eigenvalue weighted by atomic mass is 32.2. The number of carbonyl (C=O) groups excluding carboxylic acids is 1. The van der Waals surface area contributed by atoms with Crippen LogP contribution in [-0.4, -0.2) is 35.4 Å². The molecule has 0 atom stereocenters. The molecule has 1 heterocycles. The SMILES string of the molecule is CC(C)NS(=O)(=O)c1cccc(C(=O)Nc2cnc(-c3cccc(O)c3)nc2)c1. The molecule has 0 unspecified atom stereocenters. The molecule has 2 aromatic carbocycles. The van der Waals surface area contributed by atoms with Crippen molar-refractivity contribution in [3.8, 4) is 17.1 Å². The molecule has 0 saturated carbocycles. The summed E-state index contributed by atoms with van der Waals surface area (Å²) in [5, 5.41) is 12.2. The third-order valence-electron chi connectivity index (χ3n) is 3.81. The number of sulfonamides is 1. The maximum absolute atomic E-state index is 12.5. The molecule has 0 fully saturated rings. The fourth-order valence-electron chi connectivity index (χ4n) is 2.57. The van der Waals surface area contributed by atoms with Gasteiger partial charge < -0.3 is 10.4 Å². The van der Waals surface area contributed by atoms with E-state index < -0.39 is 15.9 Å². The largest absolute Gasteiger partial charge is 0.508 e. The molecule has 0 aliphatic heterocycles. The molecule has 3 N–H and O–H groups in total. The number of anilines is 1. The summed E-state index contributed by atoms with van der Waals surface area (Å²) in [7, 11) is -3.70. The third kappa shape index (κ3) is 5.15. The van der Waals surface area contributed by atoms with Gasteiger partial charge in [-0.05, 0) is 44.2 Å². The smallest absolute Gasteiger partial charge is 0.255 e. The van der Waals surface area contributed by atoms with Crippen LogP contribution in [0.5, 0.6) is 5.75 Å². The summed E-state index contributed by atoms with van der Waals surface area (Å²) in [4.78, 5) is 20.9. The number of nitrogens with zero attached hydrogens (tertiary/aromatic N) is 2. The van der Waals surface area contributed by atoms with Gasteiger partial charge >= 0.3 is 0 Å². The van der Waals surface area contributed by atoms with Gasteiger partial charge in [0.25, 0.3) is 5.91 Å². The molecule has 8 nitrogen and oxygen atoms in total. The highest BCUT2D eigenvalue weighted by Crippen LogP contribution is 2.20. The number of aromatic nitrogens is 2. The van der Waals surface area contributed by atoms with Crippen molar-refractivity contribution in [2.75, 3.05) is 5.32 Å². The van der Waals surface area contributed by atoms with E-state index in [-0.39, 0.29) is 22.3 Å². The lowest BCUT2D eigenvalue weighted by molar-refractivity contribution is 0.102. The van der Waals surface area contributed by atoms with Crippen LogP contribution in [-0.2, 0) is 10.0 Å². The van der Waals surface area contributed by atoms with Gasteiger partial charge in [-0.25, -0.2) is 23.1 Å². The van der Waals surface area contributed by atoms with Crippen molar-refractivity contribution in [1.82, 2.24) is 14.7 Å². The van der Waals surface area contributed by atoms with Crippen LogP contribution in [0.1, 0.15) is 24.2 Å². The molecule has 0 spiro atoms. The predicted molar refractivity (Wildman–Crippen MR) is 109 cm³/mol. The van der Waals surface area contributed by atoms with E-state index >= 15 is 0 Å². The molecule has 0 bridgehead atoms. The quantitative estimate of drug-likeness (QED) is 0.572. The van der Waals surface area contributed by atoms with Gasteiger partial charge in [-0.1, -0.05) is 18.2 Å². The standard InChI is InChI=1S/C20H20N4O4S/c1-13(2)24-29(27,28)18-8-4-6-15(10-18)20(26)23-16-11-21-19(22-12-16)14-5-3-7-17(25)9-14/h3-13,24-25H,1-2H3,(H,23,26). The van der Waals surface area contributed by atoms with E-state index in [1.807, 2.05) is 0 Å². The Labute approximate surface area is 168 Å². The zero-order chi connectivity index (χ0) is 21.0. The first kappa shape index (κ1) is 20.4. The Balaban J connectivity index is 1.76. The third-order valence-corrected chi connectivity index (χ3v) is 5.47. The van der Waals surface area contributed by atoms with E-state index in [9.17, 15) is 18.3 Å². The van der Waals surface area contributed by atoms with Gasteiger partial charge in [0.05, 0.1) is 23.0 Å². The lowest BCUT2D eigenvalue weighted by Gasteiger charge is -2.11. The second-order valence-corrected chi connectivity index (χ2v) is 8.32. The zero-order valence-corrected chi connectivity index (χ0v) is 16.6. The van der Waals surface area contributed by atoms with E-state index in [1.165, 1.54) is 42.7 Å². The van der Waals surface area contributed by atoms with Crippen LogP contribution in [0.25, 0.3) is 11.4 Å². The number of benzene rings is 2. The number of carbonyl (C=O) groups is 1. The van der Waals surface area contributed by atoms with E-state index in [2.05, 4.69) is 20.0 Å². The number of nitrogens with one attached hydrogen (secondary N) is 2. The van der Waals surface area contributed by atoms with Gasteiger partial charge in [0.1, 0.15) is 5.75 Å². The molecule has 0 radical (unpaired) electrons. The normalized spacial score (nSPS) is 11.4. The Morgan fingerprint density at radius 2 is 1.72 bits per heavy atom. The molecule has 3 rings (SSSR count). The second-order valence-electron chi connectivity index (χ2n) is 6.60. The molecule has 29 heavy (non-hydrogen) atoms. The minimum atomic E-state index is -3.70. The Bertz CT molecular complexity index is 1130. The fourth-order valence-corrected chi connectivity index (χ4v) is 3.87. The zero-order valence-electron chi connectivity index (χ0n) is 15.8. The molecule has 3 aromatic rings. The van der Waals surface area contributed by atoms with Crippen molar-refractivity contribution in [2.24, 2.45) is 0 Å². The molecule has 9 heteroatoms. The van der Waals surface area contributed by atoms with Gasteiger partial charge in [0.15, 0.2) is 5.82 Å². The van der Waals surface area contributed by atoms with Crippen LogP contribution in [0.4, 0.5) is 5.69 Å². The van der Waals surface area contributed by atoms with E-state index in [4.69, 9.17) is 0 Å². The molecule has 0 saturated heterocycles. The summed E-state index contributed by atoms with van der Waals surface area (Å²) in [5.41, 5.74) is 1.18. The van der Waals surface area contributed by atoms with E-state index in [1.54, 1.807) is 32.0 Å². The number of hydrogen-bond donors (Lipinski definition) is 3. The first-order valence-corrected chi connectivity index (χ1v) is 10.3. The Hall–Kier alpha value is -3.30. The maximum Gasteiger partial charge on any atom is 0.255 e. The lowest BCUT2D eigenvalue weighted by Crippen LogP contribution is -2.30. The van der Waals surface area contributed by atoms with Gasteiger partial charge in [0, 0.05) is 17.2 Å². The average Bonchev–Trinajstić information content (AvgIpc) is 2.68. The Morgan fingerprint density at radius 1 is 1.03 bits per heavy atom. The Morgan fingerprint density at radius 3 is 2.38 bits per heavy atom. The van der Waals surface area contributed by atoms with Crippen LogP contribution in [0.2, 0.25) is 0 Å². The molecule has 1 aromatic heterocycles. The van der Waals surface area contributed by atoms with Crippen LogP contribution in [0.15, 0.2) is 65.8 Å². The number of rotatable bonds is 6. The Kier molecular flexibility index (Phi) is 5.90. The molecular weight excluding hydrogens is 392 g/mol. The van der Waals surface area contributed by atoms with Crippen molar-refractivity contribution < 1.29 is 18.3 Å². The number of amides is 1. The van der Waals surface area contributed by atoms with Gasteiger partial charge in [-0.2, -0.15) is 0 Å². The number of hydrogen-bond acceptors (Lipinski definition) is 6. The number of phenolic OH excluding ortho intramolecular Hbond substituents is 1. The van der Waals surface area contributed by atoms with Crippen molar-refractivity contribution in [2.45, 2.75) is 24.8 Å². The average molecular weight is 412 g/mol. The summed E-state index contributed by atoms with van der Waals surface area (Å²) in [6.45, 7) is 3.43. The molecule has 0 aliphatic carbocycles. The van der Waals surface area contributed by atoms with Crippen molar-refractivity contribution >= 4 is 21.6 Å². The molecule has 1 amide bonds. The monoisotopic (exact) mass is 412 g/mol. The summed E-state index contributed by atoms with van der Waals surface area (Å²) in [6.07, 6.45) is 2.87. The predicted octanol–water partition coefficient (Wildman–Crippen LogP) is 2.79. The number of aromatic hydroxyl groups is 1. The van der Waals surface area contributed by atoms with Crippen molar-refractivity contribution in [3.05, 3.63) is 66.5 Å². The highest BCUT2D eigenvalue weighted by Gasteiger charge is 2.17. The van der Waals surface area contributed by atoms with E-state index in [0.717, 1.165) is 0 Å². The number of phenols is 1. The van der Waals surface area contributed by atoms with Crippen molar-refractivity contribution in [1.29, 1.82) is 0 Å². The molecule has 150 valence electrons. The van der Waals surface area contributed by atoms with Crippen LogP contribution in [0, 0.1) is 0 Å². The molecule has 0 aliphatic rings. The summed E-state index contributed by atoms with van der Waals surface area (Å²) in [5.74, 6) is 0.0114. The topological polar surface area (TPSA) is 121 Å². The lowest BCUT2D eigenvalue weighted by atomic mass is 10.2. The first-order valence-electron chi connectivity index (χ1n) is 8.80. The minimum absolute atomic E-state index is 0.00864.